The Hall–Kier alpha value is -1.00. The van der Waals surface area contributed by atoms with Crippen molar-refractivity contribution >= 4 is 10.2 Å². The van der Waals surface area contributed by atoms with Gasteiger partial charge in [0.05, 0.1) is 37.3 Å². The van der Waals surface area contributed by atoms with Crippen molar-refractivity contribution in [3.05, 3.63) is 17.5 Å². The maximum Gasteiger partial charge on any atom is 0.282 e. The third-order valence-electron chi connectivity index (χ3n) is 3.96. The highest BCUT2D eigenvalue weighted by molar-refractivity contribution is 7.86. The number of hydrogen-bond donors (Lipinski definition) is 2. The Morgan fingerprint density at radius 1 is 1.38 bits per heavy atom. The minimum Gasteiger partial charge on any atom is -0.390 e. The molecule has 0 bridgehead atoms. The summed E-state index contributed by atoms with van der Waals surface area (Å²) in [6, 6.07) is 1.48. The molecule has 0 amide bonds. The summed E-state index contributed by atoms with van der Waals surface area (Å²) >= 11 is 0. The Labute approximate surface area is 123 Å². The van der Waals surface area contributed by atoms with E-state index in [1.54, 1.807) is 6.07 Å². The topological polar surface area (TPSA) is 98.8 Å². The van der Waals surface area contributed by atoms with Crippen molar-refractivity contribution in [1.82, 2.24) is 18.8 Å². The molecule has 0 aliphatic carbocycles. The van der Waals surface area contributed by atoms with E-state index in [2.05, 4.69) is 10.2 Å². The molecule has 1 atom stereocenters. The lowest BCUT2D eigenvalue weighted by molar-refractivity contribution is 0.0698. The molecule has 3 rings (SSSR count). The molecule has 1 aromatic heterocycles. The average Bonchev–Trinajstić information content (AvgIpc) is 3.16. The normalized spacial score (nSPS) is 25.5. The zero-order valence-corrected chi connectivity index (χ0v) is 12.5. The summed E-state index contributed by atoms with van der Waals surface area (Å²) in [5, 5.41) is 16.0. The number of aliphatic hydroxyl groups is 1. The van der Waals surface area contributed by atoms with Crippen LogP contribution in [-0.2, 0) is 21.6 Å². The van der Waals surface area contributed by atoms with Gasteiger partial charge in [-0.3, -0.25) is 5.10 Å². The van der Waals surface area contributed by atoms with E-state index in [4.69, 9.17) is 9.84 Å². The van der Waals surface area contributed by atoms with E-state index in [0.717, 1.165) is 12.8 Å². The van der Waals surface area contributed by atoms with E-state index in [0.29, 0.717) is 44.2 Å². The summed E-state index contributed by atoms with van der Waals surface area (Å²) in [5.74, 6) is 0. The zero-order chi connectivity index (χ0) is 14.9. The van der Waals surface area contributed by atoms with E-state index in [-0.39, 0.29) is 12.6 Å². The van der Waals surface area contributed by atoms with Crippen LogP contribution >= 0.6 is 0 Å². The summed E-state index contributed by atoms with van der Waals surface area (Å²) in [6.07, 6.45) is 1.56. The van der Waals surface area contributed by atoms with Gasteiger partial charge in [0.25, 0.3) is 10.2 Å². The van der Waals surface area contributed by atoms with Gasteiger partial charge in [-0.1, -0.05) is 0 Å². The van der Waals surface area contributed by atoms with Crippen molar-refractivity contribution in [3.8, 4) is 0 Å². The minimum atomic E-state index is -3.49. The molecule has 1 aromatic rings. The van der Waals surface area contributed by atoms with Gasteiger partial charge >= 0.3 is 0 Å². The Morgan fingerprint density at radius 3 is 2.81 bits per heavy atom. The Balaban J connectivity index is 1.82. The summed E-state index contributed by atoms with van der Waals surface area (Å²) in [7, 11) is -3.49. The fourth-order valence-electron chi connectivity index (χ4n) is 2.87. The minimum absolute atomic E-state index is 0.129. The SMILES string of the molecule is O=S(=O)(N1CCOCC1)N1CCC[C@H]1c1cc(CO)[nH]n1. The highest BCUT2D eigenvalue weighted by Crippen LogP contribution is 2.34. The van der Waals surface area contributed by atoms with E-state index >= 15 is 0 Å². The van der Waals surface area contributed by atoms with Gasteiger partial charge in [-0.15, -0.1) is 0 Å². The first-order chi connectivity index (χ1) is 10.1. The Bertz CT molecular complexity index is 582. The summed E-state index contributed by atoms with van der Waals surface area (Å²) in [5.41, 5.74) is 1.27. The number of morpholine rings is 1. The van der Waals surface area contributed by atoms with E-state index in [1.807, 2.05) is 0 Å². The number of H-pyrrole nitrogens is 1. The van der Waals surface area contributed by atoms with Crippen molar-refractivity contribution in [1.29, 1.82) is 0 Å². The van der Waals surface area contributed by atoms with Crippen LogP contribution in [0.5, 0.6) is 0 Å². The first-order valence-corrected chi connectivity index (χ1v) is 8.52. The maximum absolute atomic E-state index is 12.8. The molecule has 21 heavy (non-hydrogen) atoms. The molecular formula is C12H20N4O4S. The van der Waals surface area contributed by atoms with E-state index in [1.165, 1.54) is 8.61 Å². The molecule has 2 saturated heterocycles. The quantitative estimate of drug-likeness (QED) is 0.789. The number of hydrogen-bond acceptors (Lipinski definition) is 5. The highest BCUT2D eigenvalue weighted by Gasteiger charge is 2.40. The van der Waals surface area contributed by atoms with Gasteiger partial charge in [0.1, 0.15) is 0 Å². The molecule has 0 aromatic carbocycles. The van der Waals surface area contributed by atoms with Gasteiger partial charge < -0.3 is 9.84 Å². The van der Waals surface area contributed by atoms with E-state index in [9.17, 15) is 8.42 Å². The van der Waals surface area contributed by atoms with Crippen LogP contribution in [0.3, 0.4) is 0 Å². The van der Waals surface area contributed by atoms with E-state index < -0.39 is 10.2 Å². The standard InChI is InChI=1S/C12H20N4O4S/c17-9-10-8-11(14-13-10)12-2-1-3-16(12)21(18,19)15-4-6-20-7-5-15/h8,12,17H,1-7,9H2,(H,13,14)/t12-/m0/s1. The van der Waals surface area contributed by atoms with Gasteiger partial charge in [0, 0.05) is 19.6 Å². The second kappa shape index (κ2) is 6.01. The molecule has 3 heterocycles. The molecular weight excluding hydrogens is 296 g/mol. The largest absolute Gasteiger partial charge is 0.390 e. The van der Waals surface area contributed by atoms with Crippen molar-refractivity contribution in [3.63, 3.8) is 0 Å². The van der Waals surface area contributed by atoms with Crippen molar-refractivity contribution in [2.24, 2.45) is 0 Å². The molecule has 9 heteroatoms. The Kier molecular flexibility index (Phi) is 4.27. The van der Waals surface area contributed by atoms with Gasteiger partial charge in [-0.05, 0) is 18.9 Å². The fraction of sp³-hybridized carbons (Fsp3) is 0.750. The Morgan fingerprint density at radius 2 is 2.14 bits per heavy atom. The van der Waals surface area contributed by atoms with Crippen LogP contribution < -0.4 is 0 Å². The number of ether oxygens (including phenoxy) is 1. The molecule has 0 saturated carbocycles. The van der Waals surface area contributed by atoms with Crippen LogP contribution in [0, 0.1) is 0 Å². The molecule has 2 aliphatic heterocycles. The average molecular weight is 316 g/mol. The van der Waals surface area contributed by atoms with Crippen LogP contribution in [0.4, 0.5) is 0 Å². The first kappa shape index (κ1) is 14.9. The van der Waals surface area contributed by atoms with Crippen LogP contribution in [0.1, 0.15) is 30.3 Å². The first-order valence-electron chi connectivity index (χ1n) is 7.12. The van der Waals surface area contributed by atoms with Gasteiger partial charge in [-0.2, -0.15) is 22.1 Å². The lowest BCUT2D eigenvalue weighted by Crippen LogP contribution is -2.48. The van der Waals surface area contributed by atoms with Crippen LogP contribution in [0.25, 0.3) is 0 Å². The van der Waals surface area contributed by atoms with Crippen LogP contribution in [-0.4, -0.2) is 65.2 Å². The van der Waals surface area contributed by atoms with Gasteiger partial charge in [0.2, 0.25) is 0 Å². The van der Waals surface area contributed by atoms with Crippen LogP contribution in [0.15, 0.2) is 6.07 Å². The maximum atomic E-state index is 12.8. The molecule has 2 N–H and O–H groups in total. The van der Waals surface area contributed by atoms with Gasteiger partial charge in [-0.25, -0.2) is 0 Å². The lowest BCUT2D eigenvalue weighted by atomic mass is 10.1. The number of nitrogens with one attached hydrogen (secondary N) is 1. The van der Waals surface area contributed by atoms with Crippen molar-refractivity contribution in [2.75, 3.05) is 32.8 Å². The molecule has 8 nitrogen and oxygen atoms in total. The van der Waals surface area contributed by atoms with Crippen LogP contribution in [0.2, 0.25) is 0 Å². The predicted molar refractivity (Wildman–Crippen MR) is 74.5 cm³/mol. The smallest absolute Gasteiger partial charge is 0.282 e. The third kappa shape index (κ3) is 2.84. The summed E-state index contributed by atoms with van der Waals surface area (Å²) in [6.45, 7) is 2.05. The zero-order valence-electron chi connectivity index (χ0n) is 11.7. The number of rotatable bonds is 4. The third-order valence-corrected chi connectivity index (χ3v) is 6.01. The second-order valence-electron chi connectivity index (χ2n) is 5.26. The molecule has 118 valence electrons. The molecule has 2 fully saturated rings. The number of aliphatic hydroxyl groups excluding tert-OH is 1. The lowest BCUT2D eigenvalue weighted by Gasteiger charge is -2.32. The fourth-order valence-corrected chi connectivity index (χ4v) is 4.67. The molecule has 0 spiro atoms. The summed E-state index contributed by atoms with van der Waals surface area (Å²) < 4.78 is 33.7. The molecule has 0 unspecified atom stereocenters. The number of nitrogens with zero attached hydrogens (tertiary/aromatic N) is 3. The van der Waals surface area contributed by atoms with Crippen molar-refractivity contribution < 1.29 is 18.3 Å². The van der Waals surface area contributed by atoms with Gasteiger partial charge in [0.15, 0.2) is 0 Å². The molecule has 0 radical (unpaired) electrons. The number of aromatic nitrogens is 2. The number of aromatic amines is 1. The molecule has 2 aliphatic rings. The second-order valence-corrected chi connectivity index (χ2v) is 7.15. The summed E-state index contributed by atoms with van der Waals surface area (Å²) in [4.78, 5) is 0. The monoisotopic (exact) mass is 316 g/mol. The predicted octanol–water partition coefficient (Wildman–Crippen LogP) is -0.384. The highest BCUT2D eigenvalue weighted by atomic mass is 32.2. The van der Waals surface area contributed by atoms with Crippen molar-refractivity contribution in [2.45, 2.75) is 25.5 Å².